The third-order valence-corrected chi connectivity index (χ3v) is 4.17. The minimum Gasteiger partial charge on any atom is -0.370 e. The van der Waals surface area contributed by atoms with Crippen LogP contribution < -0.4 is 0 Å². The monoisotopic (exact) mass is 347 g/mol. The Labute approximate surface area is 143 Å². The van der Waals surface area contributed by atoms with Crippen LogP contribution in [0.4, 0.5) is 5.69 Å². The van der Waals surface area contributed by atoms with Gasteiger partial charge in [-0.2, -0.15) is 14.9 Å². The van der Waals surface area contributed by atoms with Crippen molar-refractivity contribution in [3.8, 4) is 0 Å². The summed E-state index contributed by atoms with van der Waals surface area (Å²) >= 11 is 5.20. The molecular weight excluding hydrogens is 330 g/mol. The summed E-state index contributed by atoms with van der Waals surface area (Å²) in [5.74, 6) is 0.619. The topological polar surface area (TPSA) is 98.3 Å². The minimum atomic E-state index is -0.378. The molecule has 0 bridgehead atoms. The van der Waals surface area contributed by atoms with Crippen molar-refractivity contribution in [1.29, 1.82) is 0 Å². The first kappa shape index (κ1) is 16.5. The summed E-state index contributed by atoms with van der Waals surface area (Å²) < 4.78 is 7.48. The molecule has 1 N–H and O–H groups in total. The molecule has 2 aromatic rings. The van der Waals surface area contributed by atoms with Crippen LogP contribution in [0.3, 0.4) is 0 Å². The first-order valence-electron chi connectivity index (χ1n) is 7.70. The minimum absolute atomic E-state index is 0.0941. The molecule has 0 saturated carbocycles. The number of H-pyrrole nitrogens is 1. The fourth-order valence-corrected chi connectivity index (χ4v) is 2.85. The highest BCUT2D eigenvalue weighted by molar-refractivity contribution is 7.71. The van der Waals surface area contributed by atoms with E-state index in [0.29, 0.717) is 34.8 Å². The van der Waals surface area contributed by atoms with Crippen molar-refractivity contribution in [3.63, 3.8) is 0 Å². The van der Waals surface area contributed by atoms with Crippen LogP contribution in [-0.4, -0.2) is 32.6 Å². The lowest BCUT2D eigenvalue weighted by atomic mass is 10.1. The van der Waals surface area contributed by atoms with E-state index in [2.05, 4.69) is 15.3 Å². The number of hydrogen-bond donors (Lipinski definition) is 1. The molecule has 126 valence electrons. The molecule has 1 fully saturated rings. The highest BCUT2D eigenvalue weighted by Gasteiger charge is 2.23. The van der Waals surface area contributed by atoms with E-state index in [1.165, 1.54) is 17.0 Å². The number of rotatable bonds is 5. The Balaban J connectivity index is 1.91. The van der Waals surface area contributed by atoms with Gasteiger partial charge in [-0.15, -0.1) is 0 Å². The highest BCUT2D eigenvalue weighted by Crippen LogP contribution is 2.27. The maximum absolute atomic E-state index is 11.2. The van der Waals surface area contributed by atoms with Crippen LogP contribution in [0.2, 0.25) is 0 Å². The second-order valence-corrected chi connectivity index (χ2v) is 5.83. The zero-order valence-electron chi connectivity index (χ0n) is 13.1. The average Bonchev–Trinajstić information content (AvgIpc) is 3.22. The van der Waals surface area contributed by atoms with E-state index in [1.807, 2.05) is 6.92 Å². The number of nitrogens with zero attached hydrogens (tertiary/aromatic N) is 4. The first-order chi connectivity index (χ1) is 11.6. The van der Waals surface area contributed by atoms with Gasteiger partial charge in [-0.25, -0.2) is 0 Å². The predicted octanol–water partition coefficient (Wildman–Crippen LogP) is 3.14. The number of aryl methyl sites for hydroxylation is 1. The summed E-state index contributed by atoms with van der Waals surface area (Å²) in [6, 6.07) is 5.05. The van der Waals surface area contributed by atoms with E-state index in [1.54, 1.807) is 12.1 Å². The zero-order valence-corrected chi connectivity index (χ0v) is 14.0. The summed E-state index contributed by atoms with van der Waals surface area (Å²) in [5.41, 5.74) is 1.41. The Hall–Kier alpha value is -2.39. The van der Waals surface area contributed by atoms with Crippen molar-refractivity contribution in [2.24, 2.45) is 5.10 Å². The Kier molecular flexibility index (Phi) is 4.81. The molecule has 1 aliphatic heterocycles. The van der Waals surface area contributed by atoms with Crippen molar-refractivity contribution in [1.82, 2.24) is 14.9 Å². The third-order valence-electron chi connectivity index (χ3n) is 3.90. The van der Waals surface area contributed by atoms with E-state index in [0.717, 1.165) is 12.8 Å². The zero-order chi connectivity index (χ0) is 17.1. The van der Waals surface area contributed by atoms with Crippen LogP contribution in [0, 0.1) is 14.9 Å². The molecule has 1 aromatic carbocycles. The lowest BCUT2D eigenvalue weighted by Gasteiger charge is -2.07. The number of ether oxygens (including phenoxy) is 1. The van der Waals surface area contributed by atoms with Gasteiger partial charge in [0.2, 0.25) is 4.77 Å². The molecule has 24 heavy (non-hydrogen) atoms. The summed E-state index contributed by atoms with van der Waals surface area (Å²) in [6.07, 6.45) is 3.84. The van der Waals surface area contributed by atoms with E-state index >= 15 is 0 Å². The molecule has 0 spiro atoms. The second-order valence-electron chi connectivity index (χ2n) is 5.44. The first-order valence-corrected chi connectivity index (χ1v) is 8.11. The molecule has 1 atom stereocenters. The molecular formula is C15H17N5O3S. The van der Waals surface area contributed by atoms with Gasteiger partial charge in [-0.1, -0.05) is 19.1 Å². The Morgan fingerprint density at radius 2 is 2.46 bits per heavy atom. The smallest absolute Gasteiger partial charge is 0.273 e. The van der Waals surface area contributed by atoms with Gasteiger partial charge in [-0.05, 0) is 31.5 Å². The van der Waals surface area contributed by atoms with Gasteiger partial charge in [-0.3, -0.25) is 15.2 Å². The number of nitro benzene ring substituents is 1. The SMILES string of the molecule is CCc1ccc(/C=N\n2c([C@H]3CCCO3)n[nH]c2=S)cc1[N+](=O)[O-]. The molecule has 1 aromatic heterocycles. The lowest BCUT2D eigenvalue weighted by Crippen LogP contribution is -2.05. The van der Waals surface area contributed by atoms with Crippen LogP contribution in [0.5, 0.6) is 0 Å². The summed E-state index contributed by atoms with van der Waals surface area (Å²) in [4.78, 5) is 10.8. The Morgan fingerprint density at radius 3 is 3.12 bits per heavy atom. The fraction of sp³-hybridized carbons (Fsp3) is 0.400. The van der Waals surface area contributed by atoms with E-state index in [9.17, 15) is 10.1 Å². The van der Waals surface area contributed by atoms with Gasteiger partial charge in [0.1, 0.15) is 6.10 Å². The number of nitro groups is 1. The molecule has 0 aliphatic carbocycles. The fourth-order valence-electron chi connectivity index (χ4n) is 2.66. The molecule has 0 unspecified atom stereocenters. The molecule has 2 heterocycles. The van der Waals surface area contributed by atoms with Crippen molar-refractivity contribution in [2.75, 3.05) is 6.61 Å². The maximum Gasteiger partial charge on any atom is 0.273 e. The average molecular weight is 347 g/mol. The van der Waals surface area contributed by atoms with Gasteiger partial charge in [0.25, 0.3) is 5.69 Å². The second kappa shape index (κ2) is 7.02. The number of nitrogens with one attached hydrogen (secondary N) is 1. The number of benzene rings is 1. The summed E-state index contributed by atoms with van der Waals surface area (Å²) in [6.45, 7) is 2.58. The quantitative estimate of drug-likeness (QED) is 0.388. The summed E-state index contributed by atoms with van der Waals surface area (Å²) in [5, 5.41) is 22.4. The van der Waals surface area contributed by atoms with Crippen molar-refractivity contribution in [2.45, 2.75) is 32.3 Å². The third kappa shape index (κ3) is 3.26. The van der Waals surface area contributed by atoms with Crippen molar-refractivity contribution in [3.05, 3.63) is 50.0 Å². The maximum atomic E-state index is 11.2. The molecule has 1 aliphatic rings. The number of aromatic amines is 1. The molecule has 1 saturated heterocycles. The van der Waals surface area contributed by atoms with Gasteiger partial charge in [0, 0.05) is 23.8 Å². The van der Waals surface area contributed by atoms with Gasteiger partial charge in [0.05, 0.1) is 11.1 Å². The Bertz CT molecular complexity index is 836. The highest BCUT2D eigenvalue weighted by atomic mass is 32.1. The molecule has 8 nitrogen and oxygen atoms in total. The van der Waals surface area contributed by atoms with Gasteiger partial charge in [0.15, 0.2) is 5.82 Å². The standard InChI is InChI=1S/C15H17N5O3S/c1-2-11-6-5-10(8-12(11)20(21)22)9-16-19-14(17-18-15(19)24)13-4-3-7-23-13/h5-6,8-9,13H,2-4,7H2,1H3,(H,18,24)/b16-9-/t13-/m1/s1. The molecule has 3 rings (SSSR count). The largest absolute Gasteiger partial charge is 0.370 e. The number of aromatic nitrogens is 3. The summed E-state index contributed by atoms with van der Waals surface area (Å²) in [7, 11) is 0. The van der Waals surface area contributed by atoms with Gasteiger partial charge < -0.3 is 4.74 Å². The van der Waals surface area contributed by atoms with Crippen LogP contribution in [-0.2, 0) is 11.2 Å². The van der Waals surface area contributed by atoms with E-state index in [4.69, 9.17) is 17.0 Å². The normalized spacial score (nSPS) is 17.6. The number of hydrogen-bond acceptors (Lipinski definition) is 6. The van der Waals surface area contributed by atoms with Crippen molar-refractivity contribution < 1.29 is 9.66 Å². The van der Waals surface area contributed by atoms with Crippen LogP contribution in [0.15, 0.2) is 23.3 Å². The molecule has 0 amide bonds. The van der Waals surface area contributed by atoms with Crippen LogP contribution in [0.25, 0.3) is 0 Å². The molecule has 0 radical (unpaired) electrons. The van der Waals surface area contributed by atoms with Crippen LogP contribution in [0.1, 0.15) is 42.8 Å². The van der Waals surface area contributed by atoms with Gasteiger partial charge >= 0.3 is 0 Å². The molecule has 9 heteroatoms. The van der Waals surface area contributed by atoms with Crippen LogP contribution >= 0.6 is 12.2 Å². The predicted molar refractivity (Wildman–Crippen MR) is 90.8 cm³/mol. The van der Waals surface area contributed by atoms with Crippen molar-refractivity contribution >= 4 is 24.1 Å². The lowest BCUT2D eigenvalue weighted by molar-refractivity contribution is -0.385. The Morgan fingerprint density at radius 1 is 1.62 bits per heavy atom. The van der Waals surface area contributed by atoms with E-state index < -0.39 is 0 Å². The van der Waals surface area contributed by atoms with E-state index in [-0.39, 0.29) is 16.7 Å².